The number of benzene rings is 1. The molecule has 62 valence electrons. The fourth-order valence-electron chi connectivity index (χ4n) is 0.925. The maximum atomic E-state index is 5.52. The summed E-state index contributed by atoms with van der Waals surface area (Å²) in [7, 11) is 0. The molecule has 3 heteroatoms. The summed E-state index contributed by atoms with van der Waals surface area (Å²) in [6, 6.07) is 6.08. The van der Waals surface area contributed by atoms with E-state index in [4.69, 9.17) is 5.73 Å². The lowest BCUT2D eigenvalue weighted by Gasteiger charge is -2.03. The number of rotatable bonds is 1. The molecule has 0 amide bonds. The van der Waals surface area contributed by atoms with Gasteiger partial charge in [0.1, 0.15) is 0 Å². The molecule has 0 aromatic heterocycles. The van der Waals surface area contributed by atoms with Crippen LogP contribution in [0.1, 0.15) is 11.1 Å². The molecule has 0 saturated heterocycles. The third kappa shape index (κ3) is 2.47. The quantitative estimate of drug-likeness (QED) is 0.797. The molecule has 1 rings (SSSR count). The highest BCUT2D eigenvalue weighted by Gasteiger charge is 1.98. The second-order valence-electron chi connectivity index (χ2n) is 2.24. The molecule has 0 atom stereocenters. The Kier molecular flexibility index (Phi) is 4.73. The first-order valence-electron chi connectivity index (χ1n) is 3.19. The first-order chi connectivity index (χ1) is 4.75. The summed E-state index contributed by atoms with van der Waals surface area (Å²) < 4.78 is 1.11. The maximum Gasteiger partial charge on any atom is 0.0222 e. The van der Waals surface area contributed by atoms with Crippen molar-refractivity contribution in [2.75, 3.05) is 0 Å². The van der Waals surface area contributed by atoms with Crippen molar-refractivity contribution in [2.45, 2.75) is 13.5 Å². The van der Waals surface area contributed by atoms with E-state index in [1.165, 1.54) is 11.1 Å². The topological polar surface area (TPSA) is 26.0 Å². The predicted molar refractivity (Wildman–Crippen MR) is 54.0 cm³/mol. The van der Waals surface area contributed by atoms with E-state index in [1.54, 1.807) is 0 Å². The summed E-state index contributed by atoms with van der Waals surface area (Å²) in [5.74, 6) is 0. The molecule has 0 bridgehead atoms. The van der Waals surface area contributed by atoms with Gasteiger partial charge in [-0.25, -0.2) is 0 Å². The molecule has 0 aliphatic rings. The molecular weight excluding hydrogens is 225 g/mol. The average molecular weight is 237 g/mol. The highest BCUT2D eigenvalue weighted by Crippen LogP contribution is 2.18. The van der Waals surface area contributed by atoms with Gasteiger partial charge in [0.05, 0.1) is 0 Å². The van der Waals surface area contributed by atoms with Crippen molar-refractivity contribution in [3.8, 4) is 0 Å². The van der Waals surface area contributed by atoms with Gasteiger partial charge in [-0.2, -0.15) is 0 Å². The van der Waals surface area contributed by atoms with Crippen LogP contribution in [0.2, 0.25) is 0 Å². The van der Waals surface area contributed by atoms with Gasteiger partial charge in [-0.3, -0.25) is 0 Å². The Morgan fingerprint density at radius 2 is 2.09 bits per heavy atom. The summed E-state index contributed by atoms with van der Waals surface area (Å²) in [6.07, 6.45) is 0. The molecule has 1 nitrogen and oxygen atoms in total. The summed E-state index contributed by atoms with van der Waals surface area (Å²) >= 11 is 3.43. The molecule has 0 fully saturated rings. The van der Waals surface area contributed by atoms with Crippen LogP contribution in [0.15, 0.2) is 22.7 Å². The number of nitrogens with two attached hydrogens (primary N) is 1. The molecule has 0 heterocycles. The van der Waals surface area contributed by atoms with E-state index in [1.807, 2.05) is 12.1 Å². The molecule has 2 N–H and O–H groups in total. The van der Waals surface area contributed by atoms with Crippen molar-refractivity contribution in [3.63, 3.8) is 0 Å². The first kappa shape index (κ1) is 11.0. The summed E-state index contributed by atoms with van der Waals surface area (Å²) in [4.78, 5) is 0. The lowest BCUT2D eigenvalue weighted by molar-refractivity contribution is 1.04. The number of halogens is 2. The summed E-state index contributed by atoms with van der Waals surface area (Å²) in [5, 5.41) is 0. The van der Waals surface area contributed by atoms with Crippen LogP contribution in [-0.2, 0) is 6.54 Å². The van der Waals surface area contributed by atoms with Gasteiger partial charge in [-0.1, -0.05) is 28.1 Å². The Bertz CT molecular complexity index is 217. The van der Waals surface area contributed by atoms with Gasteiger partial charge >= 0.3 is 0 Å². The van der Waals surface area contributed by atoms with Crippen LogP contribution in [0.3, 0.4) is 0 Å². The van der Waals surface area contributed by atoms with Crippen molar-refractivity contribution in [2.24, 2.45) is 5.73 Å². The first-order valence-corrected chi connectivity index (χ1v) is 3.99. The zero-order valence-electron chi connectivity index (χ0n) is 6.30. The maximum absolute atomic E-state index is 5.52. The second kappa shape index (κ2) is 4.75. The third-order valence-corrected chi connectivity index (χ3v) is 2.30. The van der Waals surface area contributed by atoms with Crippen molar-refractivity contribution in [1.82, 2.24) is 0 Å². The monoisotopic (exact) mass is 235 g/mol. The minimum Gasteiger partial charge on any atom is -0.326 e. The molecule has 0 aliphatic heterocycles. The van der Waals surface area contributed by atoms with Crippen LogP contribution < -0.4 is 5.73 Å². The largest absolute Gasteiger partial charge is 0.326 e. The fourth-order valence-corrected chi connectivity index (χ4v) is 1.55. The van der Waals surface area contributed by atoms with Crippen molar-refractivity contribution >= 4 is 28.3 Å². The predicted octanol–water partition coefficient (Wildman–Crippen LogP) is 2.64. The van der Waals surface area contributed by atoms with Crippen LogP contribution in [-0.4, -0.2) is 0 Å². The van der Waals surface area contributed by atoms with Crippen molar-refractivity contribution < 1.29 is 0 Å². The zero-order valence-corrected chi connectivity index (χ0v) is 8.71. The normalized spacial score (nSPS) is 9.00. The lowest BCUT2D eigenvalue weighted by Crippen LogP contribution is -1.99. The van der Waals surface area contributed by atoms with Crippen LogP contribution in [0.25, 0.3) is 0 Å². The summed E-state index contributed by atoms with van der Waals surface area (Å²) in [5.41, 5.74) is 7.97. The van der Waals surface area contributed by atoms with Gasteiger partial charge in [-0.05, 0) is 24.1 Å². The SMILES string of the molecule is Cc1cccc(Br)c1CN.Cl. The lowest BCUT2D eigenvalue weighted by atomic mass is 10.1. The number of hydrogen-bond acceptors (Lipinski definition) is 1. The smallest absolute Gasteiger partial charge is 0.0222 e. The van der Waals surface area contributed by atoms with Crippen molar-refractivity contribution in [3.05, 3.63) is 33.8 Å². The number of hydrogen-bond donors (Lipinski definition) is 1. The zero-order chi connectivity index (χ0) is 7.56. The third-order valence-electron chi connectivity index (χ3n) is 1.56. The van der Waals surface area contributed by atoms with Crippen LogP contribution >= 0.6 is 28.3 Å². The van der Waals surface area contributed by atoms with Crippen LogP contribution in [0.5, 0.6) is 0 Å². The van der Waals surface area contributed by atoms with E-state index in [0.717, 1.165) is 4.47 Å². The number of aryl methyl sites for hydroxylation is 1. The molecular formula is C8H11BrClN. The van der Waals surface area contributed by atoms with Crippen molar-refractivity contribution in [1.29, 1.82) is 0 Å². The van der Waals surface area contributed by atoms with Gasteiger partial charge in [0.25, 0.3) is 0 Å². The Balaban J connectivity index is 0.000001000. The van der Waals surface area contributed by atoms with E-state index in [-0.39, 0.29) is 12.4 Å². The van der Waals surface area contributed by atoms with Gasteiger partial charge in [0.15, 0.2) is 0 Å². The van der Waals surface area contributed by atoms with Gasteiger partial charge in [0.2, 0.25) is 0 Å². The second-order valence-corrected chi connectivity index (χ2v) is 3.09. The van der Waals surface area contributed by atoms with E-state index in [0.29, 0.717) is 6.54 Å². The highest BCUT2D eigenvalue weighted by atomic mass is 79.9. The van der Waals surface area contributed by atoms with E-state index < -0.39 is 0 Å². The molecule has 1 aromatic carbocycles. The Hall–Kier alpha value is -0.0500. The van der Waals surface area contributed by atoms with Gasteiger partial charge in [-0.15, -0.1) is 12.4 Å². The fraction of sp³-hybridized carbons (Fsp3) is 0.250. The Labute approximate surface area is 81.5 Å². The molecule has 0 unspecified atom stereocenters. The van der Waals surface area contributed by atoms with Gasteiger partial charge in [0, 0.05) is 11.0 Å². The molecule has 0 saturated carbocycles. The minimum atomic E-state index is 0. The highest BCUT2D eigenvalue weighted by molar-refractivity contribution is 9.10. The standard InChI is InChI=1S/C8H10BrN.ClH/c1-6-3-2-4-8(9)7(6)5-10;/h2-4H,5,10H2,1H3;1H. The average Bonchev–Trinajstić information content (AvgIpc) is 1.88. The van der Waals surface area contributed by atoms with E-state index >= 15 is 0 Å². The molecule has 0 aliphatic carbocycles. The van der Waals surface area contributed by atoms with Gasteiger partial charge < -0.3 is 5.73 Å². The van der Waals surface area contributed by atoms with Crippen LogP contribution in [0.4, 0.5) is 0 Å². The minimum absolute atomic E-state index is 0. The van der Waals surface area contributed by atoms with E-state index in [2.05, 4.69) is 28.9 Å². The Morgan fingerprint density at radius 3 is 2.45 bits per heavy atom. The molecule has 11 heavy (non-hydrogen) atoms. The van der Waals surface area contributed by atoms with Crippen LogP contribution in [0, 0.1) is 6.92 Å². The summed E-state index contributed by atoms with van der Waals surface area (Å²) in [6.45, 7) is 2.67. The Morgan fingerprint density at radius 1 is 1.45 bits per heavy atom. The molecule has 0 radical (unpaired) electrons. The molecule has 1 aromatic rings. The van der Waals surface area contributed by atoms with E-state index in [9.17, 15) is 0 Å². The molecule has 0 spiro atoms.